The van der Waals surface area contributed by atoms with Crippen molar-refractivity contribution in [2.24, 2.45) is 5.92 Å². The van der Waals surface area contributed by atoms with Gasteiger partial charge in [-0.15, -0.1) is 12.4 Å². The molecule has 0 saturated carbocycles. The van der Waals surface area contributed by atoms with E-state index >= 15 is 0 Å². The molecule has 0 amide bonds. The Morgan fingerprint density at radius 1 is 1.09 bits per heavy atom. The van der Waals surface area contributed by atoms with E-state index in [0.717, 1.165) is 40.3 Å². The van der Waals surface area contributed by atoms with Crippen LogP contribution in [-0.4, -0.2) is 33.8 Å². The maximum absolute atomic E-state index is 11.4. The van der Waals surface area contributed by atoms with Crippen LogP contribution < -0.4 is 5.32 Å². The Morgan fingerprint density at radius 2 is 1.85 bits per heavy atom. The monoisotopic (exact) mass is 463 g/mol. The number of carboxylic acid groups (broad SMARTS) is 1. The number of carbonyl (C=O) groups is 1. The highest BCUT2D eigenvalue weighted by Crippen LogP contribution is 2.32. The van der Waals surface area contributed by atoms with Crippen molar-refractivity contribution < 1.29 is 14.4 Å². The van der Waals surface area contributed by atoms with Gasteiger partial charge in [0.15, 0.2) is 0 Å². The molecule has 0 bridgehead atoms. The zero-order valence-electron chi connectivity index (χ0n) is 18.3. The zero-order valence-corrected chi connectivity index (χ0v) is 19.1. The number of benzene rings is 3. The first-order chi connectivity index (χ1) is 15.6. The first kappa shape index (κ1) is 23.0. The van der Waals surface area contributed by atoms with E-state index in [1.807, 2.05) is 36.4 Å². The van der Waals surface area contributed by atoms with E-state index in [1.165, 1.54) is 5.56 Å². The number of fused-ring (bicyclic) bond motifs is 1. The van der Waals surface area contributed by atoms with Crippen LogP contribution in [-0.2, 0) is 17.6 Å². The van der Waals surface area contributed by atoms with Crippen LogP contribution in [0.5, 0.6) is 0 Å². The number of aromatic nitrogens is 2. The largest absolute Gasteiger partial charge is 0.481 e. The van der Waals surface area contributed by atoms with Crippen LogP contribution in [0.4, 0.5) is 0 Å². The molecule has 1 aromatic heterocycles. The fourth-order valence-corrected chi connectivity index (χ4v) is 4.41. The molecule has 7 heteroatoms. The molecule has 4 aromatic rings. The molecular weight excluding hydrogens is 438 g/mol. The normalized spacial score (nSPS) is 17.4. The van der Waals surface area contributed by atoms with Crippen molar-refractivity contribution in [1.82, 2.24) is 15.5 Å². The molecule has 1 fully saturated rings. The fraction of sp³-hybridized carbons (Fsp3) is 0.269. The van der Waals surface area contributed by atoms with Crippen molar-refractivity contribution in [3.63, 3.8) is 0 Å². The van der Waals surface area contributed by atoms with Crippen LogP contribution in [0.3, 0.4) is 0 Å². The van der Waals surface area contributed by atoms with Gasteiger partial charge in [0.25, 0.3) is 5.89 Å². The molecule has 2 heterocycles. The Hall–Kier alpha value is -3.22. The van der Waals surface area contributed by atoms with Crippen molar-refractivity contribution in [2.45, 2.75) is 32.2 Å². The average Bonchev–Trinajstić information content (AvgIpc) is 3.27. The van der Waals surface area contributed by atoms with Gasteiger partial charge in [0, 0.05) is 23.7 Å². The third-order valence-electron chi connectivity index (χ3n) is 6.26. The highest BCUT2D eigenvalue weighted by molar-refractivity contribution is 5.97. The van der Waals surface area contributed by atoms with Gasteiger partial charge in [-0.3, -0.25) is 4.79 Å². The summed E-state index contributed by atoms with van der Waals surface area (Å²) in [5, 5.41) is 19.0. The molecule has 1 saturated heterocycles. The summed E-state index contributed by atoms with van der Waals surface area (Å²) in [5.74, 6) is -0.0293. The second-order valence-electron chi connectivity index (χ2n) is 8.35. The number of carboxylic acids is 1. The van der Waals surface area contributed by atoms with Gasteiger partial charge in [0.05, 0.1) is 5.92 Å². The molecule has 33 heavy (non-hydrogen) atoms. The number of aryl methyl sites for hydroxylation is 1. The topological polar surface area (TPSA) is 88.2 Å². The number of aliphatic carboxylic acids is 1. The molecule has 0 radical (unpaired) electrons. The molecule has 1 aliphatic heterocycles. The predicted molar refractivity (Wildman–Crippen MR) is 131 cm³/mol. The number of rotatable bonds is 7. The summed E-state index contributed by atoms with van der Waals surface area (Å²) in [6, 6.07) is 20.4. The fourth-order valence-electron chi connectivity index (χ4n) is 4.41. The van der Waals surface area contributed by atoms with Gasteiger partial charge in [-0.25, -0.2) is 0 Å². The molecule has 1 aliphatic rings. The molecule has 2 N–H and O–H groups in total. The first-order valence-corrected chi connectivity index (χ1v) is 11.0. The minimum absolute atomic E-state index is 0. The molecule has 2 atom stereocenters. The lowest BCUT2D eigenvalue weighted by molar-refractivity contribution is -0.145. The third kappa shape index (κ3) is 4.49. The van der Waals surface area contributed by atoms with Gasteiger partial charge in [0.2, 0.25) is 5.82 Å². The quantitative estimate of drug-likeness (QED) is 0.394. The summed E-state index contributed by atoms with van der Waals surface area (Å²) < 4.78 is 5.58. The summed E-state index contributed by atoms with van der Waals surface area (Å²) in [7, 11) is 0. The second kappa shape index (κ2) is 9.73. The predicted octanol–water partition coefficient (Wildman–Crippen LogP) is 5.15. The van der Waals surface area contributed by atoms with E-state index in [0.29, 0.717) is 24.7 Å². The van der Waals surface area contributed by atoms with E-state index in [9.17, 15) is 9.90 Å². The van der Waals surface area contributed by atoms with Crippen molar-refractivity contribution in [2.75, 3.05) is 6.54 Å². The van der Waals surface area contributed by atoms with Crippen LogP contribution in [0.2, 0.25) is 0 Å². The lowest BCUT2D eigenvalue weighted by atomic mass is 9.85. The Kier molecular flexibility index (Phi) is 6.77. The van der Waals surface area contributed by atoms with Crippen LogP contribution in [0.1, 0.15) is 24.5 Å². The maximum Gasteiger partial charge on any atom is 0.309 e. The van der Waals surface area contributed by atoms with Gasteiger partial charge >= 0.3 is 5.97 Å². The van der Waals surface area contributed by atoms with Crippen LogP contribution in [0.15, 0.2) is 65.2 Å². The maximum atomic E-state index is 11.4. The number of nitrogens with one attached hydrogen (secondary N) is 1. The summed E-state index contributed by atoms with van der Waals surface area (Å²) >= 11 is 0. The van der Waals surface area contributed by atoms with Crippen LogP contribution in [0.25, 0.3) is 33.6 Å². The minimum Gasteiger partial charge on any atom is -0.481 e. The Labute approximate surface area is 198 Å². The van der Waals surface area contributed by atoms with Crippen molar-refractivity contribution in [3.05, 3.63) is 71.8 Å². The van der Waals surface area contributed by atoms with Crippen LogP contribution >= 0.6 is 12.4 Å². The molecule has 3 aromatic carbocycles. The Balaban J connectivity index is 0.00000259. The summed E-state index contributed by atoms with van der Waals surface area (Å²) in [6.07, 6.45) is 2.83. The van der Waals surface area contributed by atoms with Crippen molar-refractivity contribution >= 4 is 29.1 Å². The highest BCUT2D eigenvalue weighted by Gasteiger charge is 2.36. The number of nitrogens with zero attached hydrogens (tertiary/aromatic N) is 2. The van der Waals surface area contributed by atoms with Gasteiger partial charge < -0.3 is 14.9 Å². The van der Waals surface area contributed by atoms with Gasteiger partial charge in [-0.05, 0) is 46.9 Å². The Bertz CT molecular complexity index is 1270. The lowest BCUT2D eigenvalue weighted by Gasteiger charge is -2.35. The highest BCUT2D eigenvalue weighted by atomic mass is 35.5. The lowest BCUT2D eigenvalue weighted by Crippen LogP contribution is -2.57. The minimum atomic E-state index is -0.739. The van der Waals surface area contributed by atoms with Gasteiger partial charge in [-0.1, -0.05) is 67.0 Å². The number of hydrogen-bond acceptors (Lipinski definition) is 5. The molecule has 6 nitrogen and oxygen atoms in total. The molecule has 0 spiro atoms. The molecular formula is C26H26ClN3O3. The van der Waals surface area contributed by atoms with Gasteiger partial charge in [-0.2, -0.15) is 4.98 Å². The molecule has 2 unspecified atom stereocenters. The third-order valence-corrected chi connectivity index (χ3v) is 6.26. The standard InChI is InChI=1S/C26H25N3O3.ClH/c1-2-5-16-10-12-17(13-11-16)25-28-24(29-32-25)21-9-4-7-19-18(6-3-8-20(19)21)14-23-22(15-27-23)26(30)31;/h3-4,6-13,22-23,27H,2,5,14-15H2,1H3,(H,30,31);1H. The molecule has 170 valence electrons. The van der Waals surface area contributed by atoms with Gasteiger partial charge in [0.1, 0.15) is 0 Å². The van der Waals surface area contributed by atoms with E-state index in [-0.39, 0.29) is 24.4 Å². The smallest absolute Gasteiger partial charge is 0.309 e. The van der Waals surface area contributed by atoms with Crippen molar-refractivity contribution in [1.29, 1.82) is 0 Å². The second-order valence-corrected chi connectivity index (χ2v) is 8.35. The number of halogens is 1. The SMILES string of the molecule is CCCc1ccc(-c2nc(-c3cccc4c(CC5NCC5C(=O)O)cccc34)no2)cc1.Cl. The molecule has 5 rings (SSSR count). The summed E-state index contributed by atoms with van der Waals surface area (Å²) in [4.78, 5) is 16.1. The van der Waals surface area contributed by atoms with Crippen molar-refractivity contribution in [3.8, 4) is 22.8 Å². The average molecular weight is 464 g/mol. The summed E-state index contributed by atoms with van der Waals surface area (Å²) in [6.45, 7) is 2.70. The van der Waals surface area contributed by atoms with E-state index in [4.69, 9.17) is 4.52 Å². The summed E-state index contributed by atoms with van der Waals surface area (Å²) in [5.41, 5.74) is 4.21. The zero-order chi connectivity index (χ0) is 22.1. The van der Waals surface area contributed by atoms with Crippen LogP contribution in [0, 0.1) is 5.92 Å². The van der Waals surface area contributed by atoms with E-state index in [2.05, 4.69) is 46.6 Å². The Morgan fingerprint density at radius 3 is 2.55 bits per heavy atom. The number of hydrogen-bond donors (Lipinski definition) is 2. The van der Waals surface area contributed by atoms with E-state index in [1.54, 1.807) is 0 Å². The molecule has 0 aliphatic carbocycles. The first-order valence-electron chi connectivity index (χ1n) is 11.0. The van der Waals surface area contributed by atoms with E-state index < -0.39 is 5.97 Å².